The number of amides is 1. The predicted octanol–water partition coefficient (Wildman–Crippen LogP) is 4.72. The SMILES string of the molecule is C/C(=N/NC(=O)CSc1nnc(-c2ccccc2)n1-c1ccc(Br)cc1)c1ccncc1. The first-order chi connectivity index (χ1) is 15.6. The molecule has 2 aromatic heterocycles. The van der Waals surface area contributed by atoms with Crippen molar-refractivity contribution in [1.82, 2.24) is 25.2 Å². The van der Waals surface area contributed by atoms with Crippen molar-refractivity contribution in [3.8, 4) is 17.1 Å². The molecular weight excluding hydrogens is 488 g/mol. The molecule has 0 unspecified atom stereocenters. The molecule has 0 radical (unpaired) electrons. The number of nitrogens with zero attached hydrogens (tertiary/aromatic N) is 5. The number of aromatic nitrogens is 4. The van der Waals surface area contributed by atoms with Crippen LogP contribution in [0.2, 0.25) is 0 Å². The molecule has 32 heavy (non-hydrogen) atoms. The van der Waals surface area contributed by atoms with E-state index in [1.807, 2.05) is 78.2 Å². The van der Waals surface area contributed by atoms with Crippen LogP contribution < -0.4 is 5.43 Å². The van der Waals surface area contributed by atoms with Gasteiger partial charge in [-0.2, -0.15) is 5.10 Å². The lowest BCUT2D eigenvalue weighted by Crippen LogP contribution is -2.21. The first-order valence-electron chi connectivity index (χ1n) is 9.75. The minimum absolute atomic E-state index is 0.149. The van der Waals surface area contributed by atoms with Gasteiger partial charge in [0.15, 0.2) is 11.0 Å². The number of hydrogen-bond donors (Lipinski definition) is 1. The number of carbonyl (C=O) groups is 1. The zero-order chi connectivity index (χ0) is 22.3. The Hall–Kier alpha value is -3.30. The van der Waals surface area contributed by atoms with E-state index in [1.54, 1.807) is 12.4 Å². The number of pyridine rings is 1. The summed E-state index contributed by atoms with van der Waals surface area (Å²) in [6.45, 7) is 1.83. The molecule has 1 N–H and O–H groups in total. The van der Waals surface area contributed by atoms with Crippen LogP contribution in [0.1, 0.15) is 12.5 Å². The molecule has 4 aromatic rings. The van der Waals surface area contributed by atoms with Crippen molar-refractivity contribution in [3.63, 3.8) is 0 Å². The van der Waals surface area contributed by atoms with Gasteiger partial charge in [-0.15, -0.1) is 10.2 Å². The maximum Gasteiger partial charge on any atom is 0.250 e. The third-order valence-corrected chi connectivity index (χ3v) is 5.99. The molecule has 7 nitrogen and oxygen atoms in total. The van der Waals surface area contributed by atoms with Gasteiger partial charge in [-0.05, 0) is 43.3 Å². The topological polar surface area (TPSA) is 85.1 Å². The van der Waals surface area contributed by atoms with Crippen molar-refractivity contribution in [1.29, 1.82) is 0 Å². The van der Waals surface area contributed by atoms with Crippen LogP contribution >= 0.6 is 27.7 Å². The molecule has 2 aromatic carbocycles. The van der Waals surface area contributed by atoms with E-state index >= 15 is 0 Å². The van der Waals surface area contributed by atoms with Crippen molar-refractivity contribution in [2.24, 2.45) is 5.10 Å². The van der Waals surface area contributed by atoms with Crippen LogP contribution in [0.3, 0.4) is 0 Å². The van der Waals surface area contributed by atoms with Crippen LogP contribution in [-0.4, -0.2) is 37.1 Å². The summed E-state index contributed by atoms with van der Waals surface area (Å²) in [6, 6.07) is 21.4. The molecule has 0 aliphatic carbocycles. The van der Waals surface area contributed by atoms with Crippen LogP contribution in [0.15, 0.2) is 93.9 Å². The Morgan fingerprint density at radius 2 is 1.75 bits per heavy atom. The quantitative estimate of drug-likeness (QED) is 0.222. The third-order valence-electron chi connectivity index (χ3n) is 4.53. The zero-order valence-corrected chi connectivity index (χ0v) is 19.5. The van der Waals surface area contributed by atoms with Crippen molar-refractivity contribution in [2.45, 2.75) is 12.1 Å². The maximum absolute atomic E-state index is 12.4. The Labute approximate surface area is 198 Å². The lowest BCUT2D eigenvalue weighted by molar-refractivity contribution is -0.118. The molecule has 2 heterocycles. The number of halogens is 1. The van der Waals surface area contributed by atoms with E-state index in [1.165, 1.54) is 11.8 Å². The molecule has 0 fully saturated rings. The molecule has 0 aliphatic rings. The second-order valence-corrected chi connectivity index (χ2v) is 8.60. The Morgan fingerprint density at radius 3 is 2.47 bits per heavy atom. The van der Waals surface area contributed by atoms with E-state index in [2.05, 4.69) is 41.6 Å². The van der Waals surface area contributed by atoms with E-state index in [-0.39, 0.29) is 11.7 Å². The van der Waals surface area contributed by atoms with Gasteiger partial charge in [0.05, 0.1) is 11.5 Å². The second kappa shape index (κ2) is 10.3. The number of carbonyl (C=O) groups excluding carboxylic acids is 1. The summed E-state index contributed by atoms with van der Waals surface area (Å²) in [6.07, 6.45) is 3.37. The highest BCUT2D eigenvalue weighted by atomic mass is 79.9. The van der Waals surface area contributed by atoms with Crippen molar-refractivity contribution in [3.05, 3.63) is 89.2 Å². The molecule has 0 saturated heterocycles. The standard InChI is InChI=1S/C23H19BrN6OS/c1-16(17-11-13-25-14-12-17)26-27-21(31)15-32-23-29-28-22(18-5-3-2-4-6-18)30(23)20-9-7-19(24)8-10-20/h2-14H,15H2,1H3,(H,27,31)/b26-16-. The lowest BCUT2D eigenvalue weighted by atomic mass is 10.2. The van der Waals surface area contributed by atoms with Crippen molar-refractivity contribution >= 4 is 39.3 Å². The average molecular weight is 507 g/mol. The third kappa shape index (κ3) is 5.30. The first-order valence-corrected chi connectivity index (χ1v) is 11.5. The predicted molar refractivity (Wildman–Crippen MR) is 130 cm³/mol. The van der Waals surface area contributed by atoms with Gasteiger partial charge >= 0.3 is 0 Å². The van der Waals surface area contributed by atoms with Crippen LogP contribution in [0.4, 0.5) is 0 Å². The molecule has 0 saturated carbocycles. The van der Waals surface area contributed by atoms with Crippen LogP contribution in [0.5, 0.6) is 0 Å². The van der Waals surface area contributed by atoms with E-state index in [0.29, 0.717) is 16.7 Å². The summed E-state index contributed by atoms with van der Waals surface area (Å²) >= 11 is 4.78. The number of nitrogens with one attached hydrogen (secondary N) is 1. The summed E-state index contributed by atoms with van der Waals surface area (Å²) in [7, 11) is 0. The zero-order valence-electron chi connectivity index (χ0n) is 17.1. The molecule has 160 valence electrons. The minimum atomic E-state index is -0.227. The van der Waals surface area contributed by atoms with Crippen LogP contribution in [0.25, 0.3) is 17.1 Å². The van der Waals surface area contributed by atoms with Gasteiger partial charge in [0.2, 0.25) is 0 Å². The fourth-order valence-electron chi connectivity index (χ4n) is 2.93. The summed E-state index contributed by atoms with van der Waals surface area (Å²) in [5, 5.41) is 13.5. The van der Waals surface area contributed by atoms with Crippen molar-refractivity contribution < 1.29 is 4.79 Å². The monoisotopic (exact) mass is 506 g/mol. The van der Waals surface area contributed by atoms with Gasteiger partial charge < -0.3 is 0 Å². The highest BCUT2D eigenvalue weighted by Crippen LogP contribution is 2.28. The molecule has 0 aliphatic heterocycles. The number of hydrogen-bond acceptors (Lipinski definition) is 6. The van der Waals surface area contributed by atoms with Gasteiger partial charge in [0, 0.05) is 33.7 Å². The highest BCUT2D eigenvalue weighted by molar-refractivity contribution is 9.10. The number of benzene rings is 2. The maximum atomic E-state index is 12.4. The normalized spacial score (nSPS) is 11.4. The second-order valence-electron chi connectivity index (χ2n) is 6.74. The van der Waals surface area contributed by atoms with E-state index in [9.17, 15) is 4.79 Å². The van der Waals surface area contributed by atoms with Gasteiger partial charge in [-0.1, -0.05) is 58.0 Å². The lowest BCUT2D eigenvalue weighted by Gasteiger charge is -2.10. The molecule has 4 rings (SSSR count). The van der Waals surface area contributed by atoms with Gasteiger partial charge in [0.25, 0.3) is 5.91 Å². The smallest absolute Gasteiger partial charge is 0.250 e. The molecular formula is C23H19BrN6OS. The number of hydrazone groups is 1. The Morgan fingerprint density at radius 1 is 1.03 bits per heavy atom. The van der Waals surface area contributed by atoms with Crippen LogP contribution in [0, 0.1) is 0 Å². The summed E-state index contributed by atoms with van der Waals surface area (Å²) < 4.78 is 2.93. The van der Waals surface area contributed by atoms with E-state index < -0.39 is 0 Å². The molecule has 1 amide bonds. The summed E-state index contributed by atoms with van der Waals surface area (Å²) in [4.78, 5) is 16.4. The fraction of sp³-hybridized carbons (Fsp3) is 0.0870. The largest absolute Gasteiger partial charge is 0.272 e. The van der Waals surface area contributed by atoms with Gasteiger partial charge in [0.1, 0.15) is 0 Å². The average Bonchev–Trinajstić information content (AvgIpc) is 3.27. The molecule has 0 spiro atoms. The van der Waals surface area contributed by atoms with E-state index in [0.717, 1.165) is 21.3 Å². The minimum Gasteiger partial charge on any atom is -0.272 e. The molecule has 0 atom stereocenters. The summed E-state index contributed by atoms with van der Waals surface area (Å²) in [5.74, 6) is 0.633. The number of rotatable bonds is 7. The van der Waals surface area contributed by atoms with Crippen molar-refractivity contribution in [2.75, 3.05) is 5.75 Å². The Bertz CT molecular complexity index is 1230. The molecule has 9 heteroatoms. The Kier molecular flexibility index (Phi) is 7.08. The number of thioether (sulfide) groups is 1. The van der Waals surface area contributed by atoms with Crippen LogP contribution in [-0.2, 0) is 4.79 Å². The Balaban J connectivity index is 1.53. The first kappa shape index (κ1) is 21.9. The summed E-state index contributed by atoms with van der Waals surface area (Å²) in [5.41, 5.74) is 6.05. The highest BCUT2D eigenvalue weighted by Gasteiger charge is 2.17. The van der Waals surface area contributed by atoms with Gasteiger partial charge in [-0.3, -0.25) is 14.3 Å². The molecule has 0 bridgehead atoms. The fourth-order valence-corrected chi connectivity index (χ4v) is 3.94. The van der Waals surface area contributed by atoms with Gasteiger partial charge in [-0.25, -0.2) is 5.43 Å². The van der Waals surface area contributed by atoms with E-state index in [4.69, 9.17) is 0 Å².